The minimum Gasteiger partial charge on any atom is -0.497 e. The van der Waals surface area contributed by atoms with Crippen molar-refractivity contribution in [1.29, 1.82) is 0 Å². The number of benzene rings is 1. The van der Waals surface area contributed by atoms with E-state index < -0.39 is 5.95 Å². The van der Waals surface area contributed by atoms with E-state index >= 15 is 0 Å². The van der Waals surface area contributed by atoms with E-state index in [2.05, 4.69) is 9.98 Å². The fraction of sp³-hybridized carbons (Fsp3) is 0.0769. The van der Waals surface area contributed by atoms with Crippen LogP contribution in [0.3, 0.4) is 0 Å². The Hall–Kier alpha value is -2.23. The number of methoxy groups -OCH3 is 1. The van der Waals surface area contributed by atoms with Gasteiger partial charge in [-0.2, -0.15) is 4.39 Å². The van der Waals surface area contributed by atoms with Gasteiger partial charge in [0.2, 0.25) is 5.95 Å². The molecule has 0 aliphatic heterocycles. The van der Waals surface area contributed by atoms with E-state index in [1.165, 1.54) is 12.3 Å². The molecule has 1 aromatic carbocycles. The maximum Gasteiger partial charge on any atom is 0.212 e. The summed E-state index contributed by atoms with van der Waals surface area (Å²) in [6.45, 7) is 0. The van der Waals surface area contributed by atoms with Gasteiger partial charge in [-0.05, 0) is 24.3 Å². The van der Waals surface area contributed by atoms with E-state index in [1.54, 1.807) is 19.4 Å². The summed E-state index contributed by atoms with van der Waals surface area (Å²) >= 11 is 0. The second-order valence-electron chi connectivity index (χ2n) is 3.37. The Morgan fingerprint density at radius 2 is 2.18 bits per heavy atom. The Balaban J connectivity index is 2.16. The van der Waals surface area contributed by atoms with E-state index in [9.17, 15) is 4.39 Å². The van der Waals surface area contributed by atoms with Crippen LogP contribution < -0.4 is 4.74 Å². The van der Waals surface area contributed by atoms with Gasteiger partial charge in [0.25, 0.3) is 0 Å². The first kappa shape index (κ1) is 11.3. The third-order valence-corrected chi connectivity index (χ3v) is 2.17. The van der Waals surface area contributed by atoms with E-state index in [1.807, 2.05) is 24.3 Å². The molecule has 1 heterocycles. The van der Waals surface area contributed by atoms with Crippen molar-refractivity contribution in [3.63, 3.8) is 0 Å². The quantitative estimate of drug-likeness (QED) is 0.600. The van der Waals surface area contributed by atoms with Crippen molar-refractivity contribution in [2.45, 2.75) is 0 Å². The minimum atomic E-state index is -0.497. The molecule has 17 heavy (non-hydrogen) atoms. The topological polar surface area (TPSA) is 34.5 Å². The number of rotatable bonds is 3. The second-order valence-corrected chi connectivity index (χ2v) is 3.37. The Morgan fingerprint density at radius 1 is 1.29 bits per heavy atom. The van der Waals surface area contributed by atoms with Gasteiger partial charge in [0, 0.05) is 24.0 Å². The summed E-state index contributed by atoms with van der Waals surface area (Å²) in [5.41, 5.74) is 1.52. The predicted molar refractivity (Wildman–Crippen MR) is 64.4 cm³/mol. The molecule has 0 atom stereocenters. The van der Waals surface area contributed by atoms with Crippen molar-refractivity contribution in [2.24, 2.45) is 4.99 Å². The van der Waals surface area contributed by atoms with Crippen molar-refractivity contribution in [3.05, 3.63) is 54.1 Å². The zero-order valence-electron chi connectivity index (χ0n) is 9.30. The van der Waals surface area contributed by atoms with Gasteiger partial charge in [0.05, 0.1) is 12.8 Å². The lowest BCUT2D eigenvalue weighted by Crippen LogP contribution is -1.86. The fourth-order valence-electron chi connectivity index (χ4n) is 1.30. The molecule has 0 unspecified atom stereocenters. The summed E-state index contributed by atoms with van der Waals surface area (Å²) in [6.07, 6.45) is 3.06. The predicted octanol–water partition coefficient (Wildman–Crippen LogP) is 2.98. The summed E-state index contributed by atoms with van der Waals surface area (Å²) in [5, 5.41) is 0. The zero-order chi connectivity index (χ0) is 12.1. The normalized spacial score (nSPS) is 10.7. The summed E-state index contributed by atoms with van der Waals surface area (Å²) in [5.74, 6) is 0.250. The molecule has 0 bridgehead atoms. The highest BCUT2D eigenvalue weighted by atomic mass is 19.1. The summed E-state index contributed by atoms with van der Waals surface area (Å²) < 4.78 is 17.7. The smallest absolute Gasteiger partial charge is 0.212 e. The summed E-state index contributed by atoms with van der Waals surface area (Å²) in [4.78, 5) is 7.79. The molecular formula is C13H11FN2O. The van der Waals surface area contributed by atoms with Gasteiger partial charge < -0.3 is 4.74 Å². The number of aromatic nitrogens is 1. The van der Waals surface area contributed by atoms with Crippen LogP contribution in [0.5, 0.6) is 5.75 Å². The Bertz CT molecular complexity index is 523. The molecule has 0 radical (unpaired) electrons. The first-order valence-electron chi connectivity index (χ1n) is 5.07. The van der Waals surface area contributed by atoms with Crippen molar-refractivity contribution in [3.8, 4) is 5.75 Å². The second kappa shape index (κ2) is 5.21. The van der Waals surface area contributed by atoms with Crippen LogP contribution in [0.2, 0.25) is 0 Å². The number of halogens is 1. The Labute approximate surface area is 98.6 Å². The third-order valence-electron chi connectivity index (χ3n) is 2.17. The van der Waals surface area contributed by atoms with Gasteiger partial charge in [-0.25, -0.2) is 4.98 Å². The third kappa shape index (κ3) is 3.11. The van der Waals surface area contributed by atoms with Crippen LogP contribution in [0.4, 0.5) is 10.1 Å². The molecule has 0 aliphatic carbocycles. The van der Waals surface area contributed by atoms with E-state index in [0.29, 0.717) is 0 Å². The average Bonchev–Trinajstić information content (AvgIpc) is 2.38. The molecular weight excluding hydrogens is 219 g/mol. The molecule has 0 amide bonds. The van der Waals surface area contributed by atoms with Crippen molar-refractivity contribution < 1.29 is 9.13 Å². The van der Waals surface area contributed by atoms with Crippen LogP contribution in [0, 0.1) is 5.95 Å². The number of hydrogen-bond donors (Lipinski definition) is 0. The summed E-state index contributed by atoms with van der Waals surface area (Å²) in [6, 6.07) is 10.3. The fourth-order valence-corrected chi connectivity index (χ4v) is 1.30. The van der Waals surface area contributed by atoms with E-state index in [0.717, 1.165) is 17.0 Å². The first-order valence-corrected chi connectivity index (χ1v) is 5.07. The number of hydrogen-bond acceptors (Lipinski definition) is 3. The lowest BCUT2D eigenvalue weighted by molar-refractivity contribution is 0.415. The summed E-state index contributed by atoms with van der Waals surface area (Å²) in [7, 11) is 1.60. The molecule has 0 saturated heterocycles. The molecule has 4 heteroatoms. The molecule has 0 N–H and O–H groups in total. The molecule has 0 saturated carbocycles. The molecule has 3 nitrogen and oxygen atoms in total. The Kier molecular flexibility index (Phi) is 3.45. The number of pyridine rings is 1. The molecule has 0 aliphatic rings. The molecule has 0 fully saturated rings. The lowest BCUT2D eigenvalue weighted by atomic mass is 10.3. The van der Waals surface area contributed by atoms with Crippen LogP contribution in [0.15, 0.2) is 47.6 Å². The van der Waals surface area contributed by atoms with Gasteiger partial charge >= 0.3 is 0 Å². The number of ether oxygens (including phenoxy) is 1. The molecule has 0 spiro atoms. The average molecular weight is 230 g/mol. The van der Waals surface area contributed by atoms with E-state index in [-0.39, 0.29) is 0 Å². The molecule has 1 aromatic heterocycles. The standard InChI is InChI=1S/C13H11FN2O/c1-17-12-4-2-3-11(7-12)15-8-10-5-6-13(14)16-9-10/h2-9H,1H3. The van der Waals surface area contributed by atoms with Gasteiger partial charge in [-0.15, -0.1) is 0 Å². The molecule has 2 rings (SSSR count). The van der Waals surface area contributed by atoms with Crippen LogP contribution >= 0.6 is 0 Å². The van der Waals surface area contributed by atoms with E-state index in [4.69, 9.17) is 4.74 Å². The van der Waals surface area contributed by atoms with Gasteiger partial charge in [0.15, 0.2) is 0 Å². The van der Waals surface area contributed by atoms with Gasteiger partial charge in [-0.1, -0.05) is 6.07 Å². The SMILES string of the molecule is COc1cccc(N=Cc2ccc(F)nc2)c1. The van der Waals surface area contributed by atoms with Crippen LogP contribution in [-0.4, -0.2) is 18.3 Å². The number of aliphatic imine (C=N–C) groups is 1. The zero-order valence-corrected chi connectivity index (χ0v) is 9.30. The highest BCUT2D eigenvalue weighted by Crippen LogP contribution is 2.19. The minimum absolute atomic E-state index is 0.497. The van der Waals surface area contributed by atoms with Crippen molar-refractivity contribution >= 4 is 11.9 Å². The maximum atomic E-state index is 12.6. The monoisotopic (exact) mass is 230 g/mol. The van der Waals surface area contributed by atoms with Crippen molar-refractivity contribution in [2.75, 3.05) is 7.11 Å². The van der Waals surface area contributed by atoms with Crippen molar-refractivity contribution in [1.82, 2.24) is 4.98 Å². The van der Waals surface area contributed by atoms with Gasteiger partial charge in [-0.3, -0.25) is 4.99 Å². The number of nitrogens with zero attached hydrogens (tertiary/aromatic N) is 2. The molecule has 86 valence electrons. The van der Waals surface area contributed by atoms with Crippen LogP contribution in [0.25, 0.3) is 0 Å². The molecule has 2 aromatic rings. The highest BCUT2D eigenvalue weighted by molar-refractivity contribution is 5.81. The largest absolute Gasteiger partial charge is 0.497 e. The Morgan fingerprint density at radius 3 is 2.88 bits per heavy atom. The van der Waals surface area contributed by atoms with Crippen LogP contribution in [0.1, 0.15) is 5.56 Å². The first-order chi connectivity index (χ1) is 8.28. The maximum absolute atomic E-state index is 12.6. The van der Waals surface area contributed by atoms with Crippen LogP contribution in [-0.2, 0) is 0 Å². The highest BCUT2D eigenvalue weighted by Gasteiger charge is 1.94. The lowest BCUT2D eigenvalue weighted by Gasteiger charge is -1.99. The van der Waals surface area contributed by atoms with Gasteiger partial charge in [0.1, 0.15) is 5.75 Å².